The SMILES string of the molecule is Cc1cc(C)cc(NC2CCCNC2)c1. The molecule has 15 heavy (non-hydrogen) atoms. The summed E-state index contributed by atoms with van der Waals surface area (Å²) in [6, 6.07) is 7.26. The van der Waals surface area contributed by atoms with Crippen LogP contribution in [-0.4, -0.2) is 19.1 Å². The smallest absolute Gasteiger partial charge is 0.0386 e. The van der Waals surface area contributed by atoms with Gasteiger partial charge in [-0.1, -0.05) is 6.07 Å². The summed E-state index contributed by atoms with van der Waals surface area (Å²) < 4.78 is 0. The maximum Gasteiger partial charge on any atom is 0.0386 e. The normalized spacial score (nSPS) is 21.3. The van der Waals surface area contributed by atoms with Gasteiger partial charge in [0.25, 0.3) is 0 Å². The lowest BCUT2D eigenvalue weighted by Gasteiger charge is -2.25. The molecule has 2 nitrogen and oxygen atoms in total. The Morgan fingerprint density at radius 1 is 1.20 bits per heavy atom. The summed E-state index contributed by atoms with van der Waals surface area (Å²) in [4.78, 5) is 0. The predicted molar refractivity (Wildman–Crippen MR) is 65.4 cm³/mol. The van der Waals surface area contributed by atoms with E-state index in [1.54, 1.807) is 0 Å². The van der Waals surface area contributed by atoms with E-state index in [0.717, 1.165) is 6.54 Å². The number of hydrogen-bond donors (Lipinski definition) is 2. The van der Waals surface area contributed by atoms with Crippen molar-refractivity contribution in [2.45, 2.75) is 32.7 Å². The van der Waals surface area contributed by atoms with Gasteiger partial charge in [0, 0.05) is 18.3 Å². The fourth-order valence-corrected chi connectivity index (χ4v) is 2.27. The zero-order chi connectivity index (χ0) is 10.7. The van der Waals surface area contributed by atoms with Crippen molar-refractivity contribution in [3.8, 4) is 0 Å². The molecule has 1 aliphatic heterocycles. The zero-order valence-electron chi connectivity index (χ0n) is 9.64. The molecule has 0 spiro atoms. The summed E-state index contributed by atoms with van der Waals surface area (Å²) in [6.45, 7) is 6.56. The molecule has 82 valence electrons. The van der Waals surface area contributed by atoms with Gasteiger partial charge in [-0.3, -0.25) is 0 Å². The molecule has 1 aromatic carbocycles. The Labute approximate surface area is 92.1 Å². The van der Waals surface area contributed by atoms with Crippen molar-refractivity contribution in [2.75, 3.05) is 18.4 Å². The van der Waals surface area contributed by atoms with E-state index in [-0.39, 0.29) is 0 Å². The van der Waals surface area contributed by atoms with Crippen LogP contribution in [0.4, 0.5) is 5.69 Å². The van der Waals surface area contributed by atoms with Gasteiger partial charge in [0.05, 0.1) is 0 Å². The number of hydrogen-bond acceptors (Lipinski definition) is 2. The average molecular weight is 204 g/mol. The third kappa shape index (κ3) is 2.96. The topological polar surface area (TPSA) is 24.1 Å². The van der Waals surface area contributed by atoms with Gasteiger partial charge in [-0.2, -0.15) is 0 Å². The Balaban J connectivity index is 2.02. The maximum atomic E-state index is 3.60. The molecule has 0 bridgehead atoms. The molecule has 0 saturated carbocycles. The van der Waals surface area contributed by atoms with Gasteiger partial charge in [0.15, 0.2) is 0 Å². The molecule has 2 rings (SSSR count). The summed E-state index contributed by atoms with van der Waals surface area (Å²) in [5.74, 6) is 0. The van der Waals surface area contributed by atoms with Gasteiger partial charge in [-0.25, -0.2) is 0 Å². The van der Waals surface area contributed by atoms with E-state index in [4.69, 9.17) is 0 Å². The highest BCUT2D eigenvalue weighted by atomic mass is 15.0. The number of piperidine rings is 1. The van der Waals surface area contributed by atoms with Crippen LogP contribution in [0, 0.1) is 13.8 Å². The summed E-state index contributed by atoms with van der Waals surface area (Å²) in [5, 5.41) is 7.02. The first-order valence-corrected chi connectivity index (χ1v) is 5.79. The summed E-state index contributed by atoms with van der Waals surface area (Å²) in [7, 11) is 0. The van der Waals surface area contributed by atoms with Crippen molar-refractivity contribution >= 4 is 5.69 Å². The van der Waals surface area contributed by atoms with Gasteiger partial charge in [0.2, 0.25) is 0 Å². The van der Waals surface area contributed by atoms with Crippen molar-refractivity contribution in [3.05, 3.63) is 29.3 Å². The fraction of sp³-hybridized carbons (Fsp3) is 0.538. The molecule has 1 aromatic rings. The van der Waals surface area contributed by atoms with Crippen molar-refractivity contribution in [1.29, 1.82) is 0 Å². The minimum absolute atomic E-state index is 0.597. The molecule has 2 heteroatoms. The minimum atomic E-state index is 0.597. The van der Waals surface area contributed by atoms with Crippen LogP contribution in [0.1, 0.15) is 24.0 Å². The van der Waals surface area contributed by atoms with Gasteiger partial charge in [0.1, 0.15) is 0 Å². The summed E-state index contributed by atoms with van der Waals surface area (Å²) in [6.07, 6.45) is 2.56. The van der Waals surface area contributed by atoms with E-state index in [1.807, 2.05) is 0 Å². The van der Waals surface area contributed by atoms with Crippen molar-refractivity contribution in [2.24, 2.45) is 0 Å². The van der Waals surface area contributed by atoms with E-state index in [1.165, 1.54) is 36.2 Å². The van der Waals surface area contributed by atoms with Gasteiger partial charge >= 0.3 is 0 Å². The Morgan fingerprint density at radius 2 is 1.93 bits per heavy atom. The Kier molecular flexibility index (Phi) is 3.27. The van der Waals surface area contributed by atoms with E-state index in [9.17, 15) is 0 Å². The number of benzene rings is 1. The minimum Gasteiger partial charge on any atom is -0.381 e. The van der Waals surface area contributed by atoms with Gasteiger partial charge in [-0.05, 0) is 56.5 Å². The number of aryl methyl sites for hydroxylation is 2. The van der Waals surface area contributed by atoms with Gasteiger partial charge in [-0.15, -0.1) is 0 Å². The molecule has 0 aromatic heterocycles. The lowest BCUT2D eigenvalue weighted by atomic mass is 10.1. The zero-order valence-corrected chi connectivity index (χ0v) is 9.64. The largest absolute Gasteiger partial charge is 0.381 e. The lowest BCUT2D eigenvalue weighted by molar-refractivity contribution is 0.480. The maximum absolute atomic E-state index is 3.60. The third-order valence-electron chi connectivity index (χ3n) is 2.89. The van der Waals surface area contributed by atoms with Crippen LogP contribution in [0.5, 0.6) is 0 Å². The molecule has 1 atom stereocenters. The Bertz CT molecular complexity index is 307. The van der Waals surface area contributed by atoms with Crippen LogP contribution >= 0.6 is 0 Å². The highest BCUT2D eigenvalue weighted by Crippen LogP contribution is 2.16. The van der Waals surface area contributed by atoms with E-state index < -0.39 is 0 Å². The molecule has 1 aliphatic rings. The van der Waals surface area contributed by atoms with Crippen LogP contribution in [-0.2, 0) is 0 Å². The first kappa shape index (κ1) is 10.5. The molecule has 0 amide bonds. The van der Waals surface area contributed by atoms with Crippen molar-refractivity contribution in [1.82, 2.24) is 5.32 Å². The van der Waals surface area contributed by atoms with Gasteiger partial charge < -0.3 is 10.6 Å². The van der Waals surface area contributed by atoms with Crippen LogP contribution in [0.2, 0.25) is 0 Å². The molecule has 0 aliphatic carbocycles. The highest BCUT2D eigenvalue weighted by molar-refractivity contribution is 5.49. The van der Waals surface area contributed by atoms with E-state index >= 15 is 0 Å². The standard InChI is InChI=1S/C13H20N2/c1-10-6-11(2)8-13(7-10)15-12-4-3-5-14-9-12/h6-8,12,14-15H,3-5,9H2,1-2H3. The Hall–Kier alpha value is -1.02. The predicted octanol–water partition coefficient (Wildman–Crippen LogP) is 2.47. The first-order chi connectivity index (χ1) is 7.24. The summed E-state index contributed by atoms with van der Waals surface area (Å²) in [5.41, 5.74) is 3.93. The first-order valence-electron chi connectivity index (χ1n) is 5.79. The molecular formula is C13H20N2. The Morgan fingerprint density at radius 3 is 2.53 bits per heavy atom. The van der Waals surface area contributed by atoms with Crippen molar-refractivity contribution in [3.63, 3.8) is 0 Å². The quantitative estimate of drug-likeness (QED) is 0.773. The second-order valence-electron chi connectivity index (χ2n) is 4.56. The molecule has 0 radical (unpaired) electrons. The van der Waals surface area contributed by atoms with Crippen LogP contribution in [0.3, 0.4) is 0 Å². The second-order valence-corrected chi connectivity index (χ2v) is 4.56. The number of anilines is 1. The van der Waals surface area contributed by atoms with Crippen LogP contribution in [0.25, 0.3) is 0 Å². The monoisotopic (exact) mass is 204 g/mol. The van der Waals surface area contributed by atoms with Crippen LogP contribution < -0.4 is 10.6 Å². The molecule has 1 unspecified atom stereocenters. The van der Waals surface area contributed by atoms with E-state index in [2.05, 4.69) is 42.7 Å². The van der Waals surface area contributed by atoms with E-state index in [0.29, 0.717) is 6.04 Å². The molecular weight excluding hydrogens is 184 g/mol. The third-order valence-corrected chi connectivity index (χ3v) is 2.89. The molecule has 1 fully saturated rings. The fourth-order valence-electron chi connectivity index (χ4n) is 2.27. The molecule has 1 heterocycles. The van der Waals surface area contributed by atoms with Crippen molar-refractivity contribution < 1.29 is 0 Å². The lowest BCUT2D eigenvalue weighted by Crippen LogP contribution is -2.38. The molecule has 1 saturated heterocycles. The number of nitrogens with one attached hydrogen (secondary N) is 2. The van der Waals surface area contributed by atoms with Crippen LogP contribution in [0.15, 0.2) is 18.2 Å². The highest BCUT2D eigenvalue weighted by Gasteiger charge is 2.12. The average Bonchev–Trinajstić information content (AvgIpc) is 2.17. The summed E-state index contributed by atoms with van der Waals surface area (Å²) >= 11 is 0. The second kappa shape index (κ2) is 4.67. The number of rotatable bonds is 2. The molecule has 2 N–H and O–H groups in total.